The second-order valence-corrected chi connectivity index (χ2v) is 1.80. The maximum absolute atomic E-state index is 10.5. The fraction of sp³-hybridized carbons (Fsp3) is 0.167. The number of nitrogens with two attached hydrogens (primary N) is 2. The predicted molar refractivity (Wildman–Crippen MR) is 43.6 cm³/mol. The summed E-state index contributed by atoms with van der Waals surface area (Å²) in [7, 11) is 1.50. The first-order valence-corrected chi connectivity index (χ1v) is 3.00. The van der Waals surface area contributed by atoms with Gasteiger partial charge in [-0.05, 0) is 0 Å². The maximum Gasteiger partial charge on any atom is 0.267 e. The molecule has 0 aromatic heterocycles. The highest BCUT2D eigenvalue weighted by molar-refractivity contribution is 5.92. The Bertz CT molecular complexity index is 272. The van der Waals surface area contributed by atoms with E-state index in [0.717, 1.165) is 0 Å². The Morgan fingerprint density at radius 2 is 2.25 bits per heavy atom. The zero-order valence-electron chi connectivity index (χ0n) is 6.53. The monoisotopic (exact) mass is 167 g/mol. The number of carbonyl (C=O) groups excluding carboxylic acids is 1. The summed E-state index contributed by atoms with van der Waals surface area (Å²) in [5.41, 5.74) is 9.59. The Morgan fingerprint density at radius 1 is 1.67 bits per heavy atom. The Labute approximate surface area is 69.6 Å². The van der Waals surface area contributed by atoms with Crippen molar-refractivity contribution in [2.24, 2.45) is 16.5 Å². The standard InChI is InChI=1S/C6H9N5O/c1-10-3-11-4(2-7)5(8)6(9)12/h3H,8H2,1H3,(H2,9,12)(H,10,11)/b5-4-. The molecule has 6 heteroatoms. The SMILES string of the molecule is CN=CN/C(C#N)=C(\N)C(N)=O. The van der Waals surface area contributed by atoms with E-state index in [4.69, 9.17) is 16.7 Å². The molecule has 0 fully saturated rings. The summed E-state index contributed by atoms with van der Waals surface area (Å²) in [5.74, 6) is -0.844. The van der Waals surface area contributed by atoms with E-state index in [-0.39, 0.29) is 11.4 Å². The van der Waals surface area contributed by atoms with E-state index in [2.05, 4.69) is 10.3 Å². The van der Waals surface area contributed by atoms with Gasteiger partial charge in [-0.2, -0.15) is 5.26 Å². The van der Waals surface area contributed by atoms with Gasteiger partial charge in [-0.3, -0.25) is 9.79 Å². The third kappa shape index (κ3) is 2.70. The van der Waals surface area contributed by atoms with Gasteiger partial charge in [0.15, 0.2) is 0 Å². The number of hydrogen-bond acceptors (Lipinski definition) is 4. The van der Waals surface area contributed by atoms with Gasteiger partial charge in [0.2, 0.25) is 0 Å². The second-order valence-electron chi connectivity index (χ2n) is 1.80. The molecule has 64 valence electrons. The summed E-state index contributed by atoms with van der Waals surface area (Å²) in [6.07, 6.45) is 1.23. The van der Waals surface area contributed by atoms with Crippen molar-refractivity contribution in [1.29, 1.82) is 5.26 Å². The molecule has 5 N–H and O–H groups in total. The Balaban J connectivity index is 4.65. The van der Waals surface area contributed by atoms with E-state index >= 15 is 0 Å². The van der Waals surface area contributed by atoms with Crippen molar-refractivity contribution in [3.05, 3.63) is 11.4 Å². The van der Waals surface area contributed by atoms with Crippen LogP contribution in [0.3, 0.4) is 0 Å². The van der Waals surface area contributed by atoms with Crippen LogP contribution in [-0.4, -0.2) is 19.3 Å². The lowest BCUT2D eigenvalue weighted by Gasteiger charge is -1.99. The average molecular weight is 167 g/mol. The van der Waals surface area contributed by atoms with Crippen LogP contribution in [0.4, 0.5) is 0 Å². The number of aliphatic imine (C=N–C) groups is 1. The summed E-state index contributed by atoms with van der Waals surface area (Å²) in [6.45, 7) is 0. The van der Waals surface area contributed by atoms with Crippen LogP contribution in [-0.2, 0) is 4.79 Å². The van der Waals surface area contributed by atoms with Crippen molar-refractivity contribution in [3.8, 4) is 6.07 Å². The molecule has 12 heavy (non-hydrogen) atoms. The molecule has 1 amide bonds. The largest absolute Gasteiger partial charge is 0.392 e. The minimum Gasteiger partial charge on any atom is -0.392 e. The Kier molecular flexibility index (Phi) is 3.93. The van der Waals surface area contributed by atoms with E-state index in [9.17, 15) is 4.79 Å². The van der Waals surface area contributed by atoms with E-state index in [1.165, 1.54) is 13.4 Å². The number of nitrogens with zero attached hydrogens (tertiary/aromatic N) is 2. The predicted octanol–water partition coefficient (Wildman–Crippen LogP) is -1.59. The summed E-state index contributed by atoms with van der Waals surface area (Å²) < 4.78 is 0. The molecule has 0 saturated carbocycles. The number of nitriles is 1. The molecule has 0 atom stereocenters. The van der Waals surface area contributed by atoms with Crippen LogP contribution in [0.25, 0.3) is 0 Å². The highest BCUT2D eigenvalue weighted by Gasteiger charge is 2.05. The molecule has 0 heterocycles. The quantitative estimate of drug-likeness (QED) is 0.203. The van der Waals surface area contributed by atoms with E-state index in [0.29, 0.717) is 0 Å². The number of rotatable bonds is 3. The summed E-state index contributed by atoms with van der Waals surface area (Å²) in [5, 5.41) is 10.9. The molecule has 0 spiro atoms. The molecular weight excluding hydrogens is 158 g/mol. The van der Waals surface area contributed by atoms with Gasteiger partial charge in [0.1, 0.15) is 17.5 Å². The molecule has 0 aromatic rings. The smallest absolute Gasteiger partial charge is 0.267 e. The highest BCUT2D eigenvalue weighted by atomic mass is 16.1. The van der Waals surface area contributed by atoms with Gasteiger partial charge < -0.3 is 16.8 Å². The minimum atomic E-state index is -0.844. The van der Waals surface area contributed by atoms with E-state index in [1.807, 2.05) is 0 Å². The number of allylic oxidation sites excluding steroid dienone is 1. The second kappa shape index (κ2) is 4.73. The number of primary amides is 1. The van der Waals surface area contributed by atoms with Gasteiger partial charge in [0.25, 0.3) is 5.91 Å². The molecule has 0 aliphatic heterocycles. The number of carbonyl (C=O) groups is 1. The maximum atomic E-state index is 10.5. The zero-order chi connectivity index (χ0) is 9.56. The molecule has 0 rings (SSSR count). The van der Waals surface area contributed by atoms with Crippen molar-refractivity contribution in [3.63, 3.8) is 0 Å². The Morgan fingerprint density at radius 3 is 2.58 bits per heavy atom. The molecule has 0 radical (unpaired) electrons. The number of hydrogen-bond donors (Lipinski definition) is 3. The fourth-order valence-electron chi connectivity index (χ4n) is 0.423. The van der Waals surface area contributed by atoms with Crippen molar-refractivity contribution in [2.45, 2.75) is 0 Å². The van der Waals surface area contributed by atoms with E-state index in [1.54, 1.807) is 6.07 Å². The summed E-state index contributed by atoms with van der Waals surface area (Å²) in [4.78, 5) is 14.0. The van der Waals surface area contributed by atoms with Crippen LogP contribution in [0, 0.1) is 11.3 Å². The summed E-state index contributed by atoms with van der Waals surface area (Å²) in [6, 6.07) is 1.67. The van der Waals surface area contributed by atoms with Crippen molar-refractivity contribution in [2.75, 3.05) is 7.05 Å². The molecule has 0 saturated heterocycles. The molecule has 0 unspecified atom stereocenters. The first-order chi connectivity index (χ1) is 5.63. The van der Waals surface area contributed by atoms with Gasteiger partial charge in [-0.15, -0.1) is 0 Å². The molecule has 6 nitrogen and oxygen atoms in total. The molecule has 0 aromatic carbocycles. The minimum absolute atomic E-state index is 0.104. The van der Waals surface area contributed by atoms with Crippen LogP contribution < -0.4 is 16.8 Å². The average Bonchev–Trinajstić information content (AvgIpc) is 2.05. The number of amides is 1. The van der Waals surface area contributed by atoms with Gasteiger partial charge >= 0.3 is 0 Å². The lowest BCUT2D eigenvalue weighted by Crippen LogP contribution is -2.26. The van der Waals surface area contributed by atoms with Crippen molar-refractivity contribution in [1.82, 2.24) is 5.32 Å². The van der Waals surface area contributed by atoms with Crippen LogP contribution in [0.5, 0.6) is 0 Å². The molecule has 0 aliphatic carbocycles. The first kappa shape index (κ1) is 9.97. The fourth-order valence-corrected chi connectivity index (χ4v) is 0.423. The van der Waals surface area contributed by atoms with Gasteiger partial charge in [0.05, 0.1) is 6.34 Å². The van der Waals surface area contributed by atoms with Crippen LogP contribution >= 0.6 is 0 Å². The molecule has 0 bridgehead atoms. The van der Waals surface area contributed by atoms with E-state index < -0.39 is 5.91 Å². The molecule has 0 aliphatic rings. The van der Waals surface area contributed by atoms with Gasteiger partial charge in [0, 0.05) is 7.05 Å². The lowest BCUT2D eigenvalue weighted by molar-refractivity contribution is -0.114. The van der Waals surface area contributed by atoms with Crippen molar-refractivity contribution < 1.29 is 4.79 Å². The number of nitrogens with one attached hydrogen (secondary N) is 1. The third-order valence-electron chi connectivity index (χ3n) is 0.985. The normalized spacial score (nSPS) is 12.0. The van der Waals surface area contributed by atoms with Crippen LogP contribution in [0.15, 0.2) is 16.4 Å². The topological polar surface area (TPSA) is 117 Å². The Hall–Kier alpha value is -2.03. The zero-order valence-corrected chi connectivity index (χ0v) is 6.53. The molecular formula is C6H9N5O. The third-order valence-corrected chi connectivity index (χ3v) is 0.985. The summed E-state index contributed by atoms with van der Waals surface area (Å²) >= 11 is 0. The van der Waals surface area contributed by atoms with Crippen LogP contribution in [0.1, 0.15) is 0 Å². The van der Waals surface area contributed by atoms with Crippen molar-refractivity contribution >= 4 is 12.2 Å². The highest BCUT2D eigenvalue weighted by Crippen LogP contribution is 1.90. The lowest BCUT2D eigenvalue weighted by atomic mass is 10.3. The van der Waals surface area contributed by atoms with Gasteiger partial charge in [-0.25, -0.2) is 0 Å². The first-order valence-electron chi connectivity index (χ1n) is 3.00. The van der Waals surface area contributed by atoms with Crippen LogP contribution in [0.2, 0.25) is 0 Å². The van der Waals surface area contributed by atoms with Gasteiger partial charge in [-0.1, -0.05) is 0 Å².